The molecule has 0 aromatic rings. The first-order valence-corrected chi connectivity index (χ1v) is 7.38. The van der Waals surface area contributed by atoms with Crippen LogP contribution in [-0.4, -0.2) is 0 Å². The van der Waals surface area contributed by atoms with Crippen molar-refractivity contribution in [3.8, 4) is 0 Å². The Balaban J connectivity index is 0.00000108. The summed E-state index contributed by atoms with van der Waals surface area (Å²) in [6.45, 7) is 10.2. The van der Waals surface area contributed by atoms with E-state index in [1.165, 1.54) is 32.1 Å². The van der Waals surface area contributed by atoms with Gasteiger partial charge in [-0.25, -0.2) is 0 Å². The van der Waals surface area contributed by atoms with Crippen molar-refractivity contribution in [2.75, 3.05) is 0 Å². The molecule has 3 unspecified atom stereocenters. The zero-order chi connectivity index (χ0) is 11.6. The van der Waals surface area contributed by atoms with Crippen molar-refractivity contribution in [1.82, 2.24) is 6.15 Å². The molecule has 4 aliphatic carbocycles. The van der Waals surface area contributed by atoms with Gasteiger partial charge < -0.3 is 6.15 Å². The van der Waals surface area contributed by atoms with Gasteiger partial charge in [0, 0.05) is 0 Å². The maximum atomic E-state index is 2.62. The van der Waals surface area contributed by atoms with Gasteiger partial charge in [-0.1, -0.05) is 34.1 Å². The fourth-order valence-electron chi connectivity index (χ4n) is 6.81. The number of hydrogen-bond donors (Lipinski definition) is 1. The van der Waals surface area contributed by atoms with E-state index in [1.807, 2.05) is 0 Å². The smallest absolute Gasteiger partial charge is 0.0285 e. The van der Waals surface area contributed by atoms with Crippen LogP contribution in [0.4, 0.5) is 0 Å². The van der Waals surface area contributed by atoms with Gasteiger partial charge in [0.2, 0.25) is 0 Å². The first kappa shape index (κ1) is 13.4. The van der Waals surface area contributed by atoms with Gasteiger partial charge in [-0.3, -0.25) is 0 Å². The minimum absolute atomic E-state index is 0. The van der Waals surface area contributed by atoms with Crippen LogP contribution >= 0.6 is 0 Å². The molecule has 0 heterocycles. The van der Waals surface area contributed by atoms with Gasteiger partial charge in [0.15, 0.2) is 0 Å². The average molecular weight is 237 g/mol. The maximum Gasteiger partial charge on any atom is -0.0285 e. The van der Waals surface area contributed by atoms with Gasteiger partial charge >= 0.3 is 0 Å². The highest BCUT2D eigenvalue weighted by atomic mass is 14.7. The average Bonchev–Trinajstić information content (AvgIpc) is 2.05. The minimum Gasteiger partial charge on any atom is -0.344 e. The Hall–Kier alpha value is -0.0400. The quantitative estimate of drug-likeness (QED) is 0.704. The Labute approximate surface area is 107 Å². The molecule has 0 aromatic carbocycles. The third-order valence-electron chi connectivity index (χ3n) is 6.09. The van der Waals surface area contributed by atoms with Crippen molar-refractivity contribution in [2.24, 2.45) is 28.1 Å². The number of hydrogen-bond acceptors (Lipinski definition) is 1. The molecule has 17 heavy (non-hydrogen) atoms. The summed E-state index contributed by atoms with van der Waals surface area (Å²) in [5.41, 5.74) is 2.10. The van der Waals surface area contributed by atoms with E-state index in [0.29, 0.717) is 16.2 Å². The Morgan fingerprint density at radius 3 is 1.88 bits per heavy atom. The molecular weight excluding hydrogens is 206 g/mol. The number of rotatable bonds is 2. The summed E-state index contributed by atoms with van der Waals surface area (Å²) in [6.07, 6.45) is 10.5. The van der Waals surface area contributed by atoms with Gasteiger partial charge in [0.1, 0.15) is 0 Å². The molecule has 1 heteroatoms. The van der Waals surface area contributed by atoms with Crippen LogP contribution in [0, 0.1) is 28.1 Å². The van der Waals surface area contributed by atoms with Crippen LogP contribution in [0.15, 0.2) is 0 Å². The zero-order valence-corrected chi connectivity index (χ0v) is 12.3. The van der Waals surface area contributed by atoms with Crippen molar-refractivity contribution in [2.45, 2.75) is 72.6 Å². The lowest BCUT2D eigenvalue weighted by molar-refractivity contribution is -0.179. The third-order valence-corrected chi connectivity index (χ3v) is 6.09. The van der Waals surface area contributed by atoms with Crippen molar-refractivity contribution >= 4 is 0 Å². The van der Waals surface area contributed by atoms with E-state index < -0.39 is 0 Å². The van der Waals surface area contributed by atoms with E-state index in [9.17, 15) is 0 Å². The molecule has 1 nitrogen and oxygen atoms in total. The molecule has 4 bridgehead atoms. The van der Waals surface area contributed by atoms with Gasteiger partial charge in [-0.15, -0.1) is 0 Å². The topological polar surface area (TPSA) is 35.0 Å². The molecule has 0 spiro atoms. The second-order valence-electron chi connectivity index (χ2n) is 8.37. The molecule has 4 aliphatic rings. The van der Waals surface area contributed by atoms with Crippen molar-refractivity contribution in [3.63, 3.8) is 0 Å². The maximum absolute atomic E-state index is 2.62. The van der Waals surface area contributed by atoms with E-state index in [2.05, 4.69) is 27.7 Å². The monoisotopic (exact) mass is 237 g/mol. The molecule has 0 amide bonds. The third kappa shape index (κ3) is 1.85. The Bertz CT molecular complexity index is 291. The lowest BCUT2D eigenvalue weighted by atomic mass is 9.37. The molecule has 0 aliphatic heterocycles. The van der Waals surface area contributed by atoms with E-state index >= 15 is 0 Å². The first-order valence-electron chi connectivity index (χ1n) is 7.38. The fourth-order valence-corrected chi connectivity index (χ4v) is 6.81. The predicted molar refractivity (Wildman–Crippen MR) is 74.3 cm³/mol. The standard InChI is InChI=1S/C16H28.H3N/c1-5-6-13-12-7-14(2)9-15(3,8-12)11-16(13,4)10-14;/h12-13H,5-11H2,1-4H3;1H3. The van der Waals surface area contributed by atoms with Crippen LogP contribution in [0.25, 0.3) is 0 Å². The van der Waals surface area contributed by atoms with Gasteiger partial charge in [0.05, 0.1) is 0 Å². The predicted octanol–water partition coefficient (Wildman–Crippen LogP) is 5.19. The van der Waals surface area contributed by atoms with E-state index in [0.717, 1.165) is 11.8 Å². The van der Waals surface area contributed by atoms with Crippen LogP contribution in [-0.2, 0) is 0 Å². The largest absolute Gasteiger partial charge is 0.344 e. The summed E-state index contributed by atoms with van der Waals surface area (Å²) < 4.78 is 0. The molecule has 3 atom stereocenters. The molecule has 0 saturated heterocycles. The molecule has 100 valence electrons. The van der Waals surface area contributed by atoms with Crippen molar-refractivity contribution in [3.05, 3.63) is 0 Å². The normalized spacial score (nSPS) is 55.8. The van der Waals surface area contributed by atoms with Crippen LogP contribution < -0.4 is 6.15 Å². The van der Waals surface area contributed by atoms with Crippen molar-refractivity contribution < 1.29 is 0 Å². The van der Waals surface area contributed by atoms with Gasteiger partial charge in [0.25, 0.3) is 0 Å². The van der Waals surface area contributed by atoms with Crippen LogP contribution in [0.3, 0.4) is 0 Å². The van der Waals surface area contributed by atoms with Crippen LogP contribution in [0.2, 0.25) is 0 Å². The summed E-state index contributed by atoms with van der Waals surface area (Å²) in [7, 11) is 0. The van der Waals surface area contributed by atoms with E-state index in [1.54, 1.807) is 12.8 Å². The first-order chi connectivity index (χ1) is 7.38. The van der Waals surface area contributed by atoms with E-state index in [4.69, 9.17) is 0 Å². The SMILES string of the molecule is CCCC1C2CC3(C)CC(C)(C2)CC1(C)C3.N. The summed E-state index contributed by atoms with van der Waals surface area (Å²) in [6, 6.07) is 0. The Kier molecular flexibility index (Phi) is 2.94. The van der Waals surface area contributed by atoms with Gasteiger partial charge in [-0.05, 0) is 66.6 Å². The molecule has 0 radical (unpaired) electrons. The summed E-state index contributed by atoms with van der Waals surface area (Å²) in [5.74, 6) is 2.12. The second kappa shape index (κ2) is 3.73. The van der Waals surface area contributed by atoms with E-state index in [-0.39, 0.29) is 6.15 Å². The Morgan fingerprint density at radius 1 is 0.941 bits per heavy atom. The van der Waals surface area contributed by atoms with Gasteiger partial charge in [-0.2, -0.15) is 0 Å². The lowest BCUT2D eigenvalue weighted by Gasteiger charge is -2.68. The van der Waals surface area contributed by atoms with Crippen LogP contribution in [0.5, 0.6) is 0 Å². The summed E-state index contributed by atoms with van der Waals surface area (Å²) in [5, 5.41) is 0. The van der Waals surface area contributed by atoms with Crippen LogP contribution in [0.1, 0.15) is 72.6 Å². The summed E-state index contributed by atoms with van der Waals surface area (Å²) >= 11 is 0. The van der Waals surface area contributed by atoms with Crippen molar-refractivity contribution in [1.29, 1.82) is 0 Å². The molecule has 4 fully saturated rings. The minimum atomic E-state index is 0. The summed E-state index contributed by atoms with van der Waals surface area (Å²) in [4.78, 5) is 0. The fraction of sp³-hybridized carbons (Fsp3) is 1.00. The zero-order valence-electron chi connectivity index (χ0n) is 12.3. The Morgan fingerprint density at radius 2 is 1.47 bits per heavy atom. The molecule has 3 N–H and O–H groups in total. The molecule has 0 aromatic heterocycles. The highest BCUT2D eigenvalue weighted by molar-refractivity contribution is 5.12. The molecular formula is C16H31N. The second-order valence-corrected chi connectivity index (χ2v) is 8.37. The molecule has 4 saturated carbocycles. The highest BCUT2D eigenvalue weighted by Gasteiger charge is 2.61. The molecule has 4 rings (SSSR count). The lowest BCUT2D eigenvalue weighted by Crippen LogP contribution is -2.58. The highest BCUT2D eigenvalue weighted by Crippen LogP contribution is 2.71.